The third-order valence-corrected chi connectivity index (χ3v) is 2.95. The van der Waals surface area contributed by atoms with Crippen LogP contribution in [0.5, 0.6) is 0 Å². The van der Waals surface area contributed by atoms with Crippen molar-refractivity contribution in [2.75, 3.05) is 14.1 Å². The monoisotopic (exact) mass is 178 g/mol. The van der Waals surface area contributed by atoms with Crippen LogP contribution in [-0.4, -0.2) is 23.3 Å². The van der Waals surface area contributed by atoms with Gasteiger partial charge in [0.2, 0.25) is 0 Å². The fourth-order valence-electron chi connectivity index (χ4n) is 0.0707. The Kier molecular flexibility index (Phi) is 4.58. The van der Waals surface area contributed by atoms with Gasteiger partial charge >= 0.3 is 59.6 Å². The summed E-state index contributed by atoms with van der Waals surface area (Å²) in [5.74, 6) is 0. The molecule has 0 N–H and O–H groups in total. The molecule has 0 bridgehead atoms. The first-order valence-corrected chi connectivity index (χ1v) is 4.42. The molecule has 0 aliphatic rings. The molecule has 0 spiro atoms. The van der Waals surface area contributed by atoms with Crippen molar-refractivity contribution in [2.45, 2.75) is 0 Å². The standard InChI is InChI=1S/C3H7NS2.Fe/c1-4(2)3(5)6;/h1-2H3,(H,5,6);/q;-2/p+1. The minimum absolute atomic E-state index is 0.979. The van der Waals surface area contributed by atoms with E-state index in [2.05, 4.69) is 27.0 Å². The van der Waals surface area contributed by atoms with Crippen molar-refractivity contribution in [3.8, 4) is 0 Å². The van der Waals surface area contributed by atoms with E-state index in [1.165, 1.54) is 0 Å². The van der Waals surface area contributed by atoms with E-state index in [0.717, 1.165) is 13.6 Å². The molecule has 0 aromatic carbocycles. The Morgan fingerprint density at radius 1 is 1.71 bits per heavy atom. The van der Waals surface area contributed by atoms with Crippen LogP contribution in [0.3, 0.4) is 0 Å². The van der Waals surface area contributed by atoms with Gasteiger partial charge in [-0.15, -0.1) is 0 Å². The van der Waals surface area contributed by atoms with Crippen LogP contribution >= 0.6 is 12.6 Å². The molecule has 0 aliphatic heterocycles. The first kappa shape index (κ1) is 8.05. The number of rotatable bonds is 0. The molecular formula is C3H8FeNS2-. The van der Waals surface area contributed by atoms with Gasteiger partial charge < -0.3 is 0 Å². The molecule has 4 heteroatoms. The molecule has 0 radical (unpaired) electrons. The van der Waals surface area contributed by atoms with Crippen LogP contribution in [-0.2, 0) is 23.7 Å². The summed E-state index contributed by atoms with van der Waals surface area (Å²) in [5, 5.41) is 0. The van der Waals surface area contributed by atoms with Crippen LogP contribution in [0.1, 0.15) is 0 Å². The summed E-state index contributed by atoms with van der Waals surface area (Å²) in [4.78, 5) is 1.93. The maximum atomic E-state index is 4.09. The summed E-state index contributed by atoms with van der Waals surface area (Å²) in [6.45, 7) is 0. The summed E-state index contributed by atoms with van der Waals surface area (Å²) in [6.07, 6.45) is 0. The van der Waals surface area contributed by atoms with Crippen molar-refractivity contribution >= 4 is 26.2 Å². The second-order valence-corrected chi connectivity index (χ2v) is 3.37. The summed E-state index contributed by atoms with van der Waals surface area (Å²) in [5.41, 5.74) is 0. The van der Waals surface area contributed by atoms with Gasteiger partial charge in [0.15, 0.2) is 0 Å². The second-order valence-electron chi connectivity index (χ2n) is 1.27. The predicted octanol–water partition coefficient (Wildman–Crippen LogP) is -0.158. The SMILES string of the molecule is CN(C)C(S)=[SH-]=[Fe]. The molecule has 0 amide bonds. The number of nitrogens with zero attached hydrogens (tertiary/aromatic N) is 1. The predicted molar refractivity (Wildman–Crippen MR) is 36.4 cm³/mol. The Bertz CT molecular complexity index is 106. The second kappa shape index (κ2) is 3.98. The number of hydrogen-bond donors (Lipinski definition) is 1. The Morgan fingerprint density at radius 3 is 2.14 bits per heavy atom. The number of thiol groups is 2. The quantitative estimate of drug-likeness (QED) is 0.233. The van der Waals surface area contributed by atoms with Crippen molar-refractivity contribution < 1.29 is 14.4 Å². The first-order chi connectivity index (χ1) is 3.18. The Hall–Kier alpha value is 1.05. The van der Waals surface area contributed by atoms with Gasteiger partial charge in [-0.2, -0.15) is 0 Å². The van der Waals surface area contributed by atoms with E-state index in [9.17, 15) is 0 Å². The summed E-state index contributed by atoms with van der Waals surface area (Å²) < 4.78 is 0.986. The Labute approximate surface area is 59.7 Å². The Morgan fingerprint density at radius 2 is 2.14 bits per heavy atom. The molecule has 0 rings (SSSR count). The van der Waals surface area contributed by atoms with E-state index < -0.39 is 0 Å². The average molecular weight is 178 g/mol. The van der Waals surface area contributed by atoms with Crippen LogP contribution in [0.25, 0.3) is 0 Å². The maximum absolute atomic E-state index is 4.09. The Balaban J connectivity index is 3.81. The van der Waals surface area contributed by atoms with Gasteiger partial charge in [-0.1, -0.05) is 0 Å². The van der Waals surface area contributed by atoms with E-state index in [1.807, 2.05) is 19.0 Å². The van der Waals surface area contributed by atoms with Gasteiger partial charge in [-0.25, -0.2) is 0 Å². The zero-order chi connectivity index (χ0) is 5.86. The molecule has 0 unspecified atom stereocenters. The van der Waals surface area contributed by atoms with E-state index in [1.54, 1.807) is 0 Å². The molecule has 0 saturated carbocycles. The van der Waals surface area contributed by atoms with Gasteiger partial charge in [-0.3, -0.25) is 0 Å². The molecule has 0 aromatic heterocycles. The summed E-state index contributed by atoms with van der Waals surface area (Å²) in [6, 6.07) is 0. The van der Waals surface area contributed by atoms with Gasteiger partial charge in [0.25, 0.3) is 0 Å². The van der Waals surface area contributed by atoms with Crippen LogP contribution in [0, 0.1) is 0 Å². The molecule has 0 fully saturated rings. The van der Waals surface area contributed by atoms with Crippen molar-refractivity contribution in [3.63, 3.8) is 0 Å². The molecule has 0 saturated heterocycles. The van der Waals surface area contributed by atoms with E-state index in [4.69, 9.17) is 0 Å². The van der Waals surface area contributed by atoms with Gasteiger partial charge in [0.1, 0.15) is 0 Å². The first-order valence-electron chi connectivity index (χ1n) is 1.72. The van der Waals surface area contributed by atoms with Crippen LogP contribution < -0.4 is 0 Å². The molecular weight excluding hydrogens is 170 g/mol. The summed E-state index contributed by atoms with van der Waals surface area (Å²) >= 11 is 7.72. The molecule has 0 aliphatic carbocycles. The van der Waals surface area contributed by atoms with Gasteiger partial charge in [-0.05, 0) is 0 Å². The number of hydrogen-bond acceptors (Lipinski definition) is 1. The van der Waals surface area contributed by atoms with Crippen LogP contribution in [0.15, 0.2) is 0 Å². The van der Waals surface area contributed by atoms with Gasteiger partial charge in [0, 0.05) is 0 Å². The molecule has 0 atom stereocenters. The van der Waals surface area contributed by atoms with E-state index in [0.29, 0.717) is 0 Å². The normalized spacial score (nSPS) is 9.86. The van der Waals surface area contributed by atoms with Crippen molar-refractivity contribution in [2.24, 2.45) is 0 Å². The molecule has 0 heterocycles. The van der Waals surface area contributed by atoms with Crippen molar-refractivity contribution in [3.05, 3.63) is 0 Å². The van der Waals surface area contributed by atoms with E-state index >= 15 is 0 Å². The molecule has 46 valence electrons. The molecule has 0 aromatic rings. The third kappa shape index (κ3) is 3.62. The van der Waals surface area contributed by atoms with Crippen molar-refractivity contribution in [1.29, 1.82) is 0 Å². The zero-order valence-electron chi connectivity index (χ0n) is 4.20. The molecule has 1 nitrogen and oxygen atoms in total. The third-order valence-electron chi connectivity index (χ3n) is 0.471. The van der Waals surface area contributed by atoms with Crippen molar-refractivity contribution in [1.82, 2.24) is 4.90 Å². The average Bonchev–Trinajstić information content (AvgIpc) is 1.65. The zero-order valence-corrected chi connectivity index (χ0v) is 7.09. The molecule has 7 heavy (non-hydrogen) atoms. The fourth-order valence-corrected chi connectivity index (χ4v) is 0.875. The van der Waals surface area contributed by atoms with E-state index in [-0.39, 0.29) is 0 Å². The topological polar surface area (TPSA) is 3.24 Å². The fraction of sp³-hybridized carbons (Fsp3) is 0.667. The van der Waals surface area contributed by atoms with Gasteiger partial charge in [0.05, 0.1) is 0 Å². The minimum atomic E-state index is 0.979. The van der Waals surface area contributed by atoms with Crippen LogP contribution in [0.2, 0.25) is 0 Å². The summed E-state index contributed by atoms with van der Waals surface area (Å²) in [7, 11) is 4.87. The van der Waals surface area contributed by atoms with Crippen LogP contribution in [0.4, 0.5) is 0 Å².